The van der Waals surface area contributed by atoms with E-state index < -0.39 is 5.92 Å². The predicted molar refractivity (Wildman–Crippen MR) is 107 cm³/mol. The van der Waals surface area contributed by atoms with Crippen LogP contribution in [0.3, 0.4) is 0 Å². The van der Waals surface area contributed by atoms with E-state index in [0.717, 1.165) is 13.1 Å². The Morgan fingerprint density at radius 3 is 2.29 bits per heavy atom. The standard InChI is InChI=1S/C21H16Cl2F2N2O/c1-21(24,25)15-11-18(23)19(26-12-15)13-27(17-9-7-16(22)8-10-17)20(28)14-5-3-2-4-6-14/h2-12H,13H2,1H3. The second-order valence-electron chi connectivity index (χ2n) is 6.27. The van der Waals surface area contributed by atoms with Crippen LogP contribution in [0, 0.1) is 0 Å². The van der Waals surface area contributed by atoms with Crippen molar-refractivity contribution in [1.82, 2.24) is 4.98 Å². The Morgan fingerprint density at radius 1 is 1.07 bits per heavy atom. The summed E-state index contributed by atoms with van der Waals surface area (Å²) in [6.07, 6.45) is 1.08. The summed E-state index contributed by atoms with van der Waals surface area (Å²) in [5.41, 5.74) is 1.09. The fraction of sp³-hybridized carbons (Fsp3) is 0.143. The van der Waals surface area contributed by atoms with Gasteiger partial charge in [0, 0.05) is 35.0 Å². The SMILES string of the molecule is CC(F)(F)c1cnc(CN(C(=O)c2ccccc2)c2ccc(Cl)cc2)c(Cl)c1. The molecular formula is C21H16Cl2F2N2O. The van der Waals surface area contributed by atoms with Crippen molar-refractivity contribution in [2.24, 2.45) is 0 Å². The highest BCUT2D eigenvalue weighted by atomic mass is 35.5. The Morgan fingerprint density at radius 2 is 1.71 bits per heavy atom. The van der Waals surface area contributed by atoms with Crippen LogP contribution in [-0.4, -0.2) is 10.9 Å². The third-order valence-corrected chi connectivity index (χ3v) is 4.72. The van der Waals surface area contributed by atoms with E-state index in [1.807, 2.05) is 6.07 Å². The highest BCUT2D eigenvalue weighted by molar-refractivity contribution is 6.31. The molecule has 144 valence electrons. The van der Waals surface area contributed by atoms with Gasteiger partial charge < -0.3 is 4.90 Å². The molecule has 1 heterocycles. The Balaban J connectivity index is 1.98. The van der Waals surface area contributed by atoms with Gasteiger partial charge in [-0.1, -0.05) is 41.4 Å². The highest BCUT2D eigenvalue weighted by Crippen LogP contribution is 2.30. The zero-order valence-electron chi connectivity index (χ0n) is 14.9. The van der Waals surface area contributed by atoms with Gasteiger partial charge in [-0.2, -0.15) is 0 Å². The first-order valence-electron chi connectivity index (χ1n) is 8.41. The summed E-state index contributed by atoms with van der Waals surface area (Å²) in [5.74, 6) is -3.32. The first-order chi connectivity index (χ1) is 13.3. The number of hydrogen-bond donors (Lipinski definition) is 0. The van der Waals surface area contributed by atoms with E-state index in [-0.39, 0.29) is 23.0 Å². The average Bonchev–Trinajstić information content (AvgIpc) is 2.67. The largest absolute Gasteiger partial charge is 0.302 e. The molecule has 0 radical (unpaired) electrons. The molecule has 0 spiro atoms. The van der Waals surface area contributed by atoms with E-state index in [2.05, 4.69) is 4.98 Å². The van der Waals surface area contributed by atoms with Gasteiger partial charge in [0.15, 0.2) is 0 Å². The van der Waals surface area contributed by atoms with Crippen molar-refractivity contribution in [2.75, 3.05) is 4.90 Å². The van der Waals surface area contributed by atoms with E-state index in [9.17, 15) is 13.6 Å². The van der Waals surface area contributed by atoms with Gasteiger partial charge in [0.2, 0.25) is 0 Å². The molecule has 0 bridgehead atoms. The van der Waals surface area contributed by atoms with Crippen molar-refractivity contribution in [1.29, 1.82) is 0 Å². The lowest BCUT2D eigenvalue weighted by Gasteiger charge is -2.23. The molecule has 0 atom stereocenters. The third-order valence-electron chi connectivity index (χ3n) is 4.14. The molecule has 0 aliphatic heterocycles. The Kier molecular flexibility index (Phi) is 5.96. The average molecular weight is 421 g/mol. The molecule has 0 saturated carbocycles. The molecule has 2 aromatic carbocycles. The molecule has 0 aliphatic rings. The third kappa shape index (κ3) is 4.66. The fourth-order valence-electron chi connectivity index (χ4n) is 2.61. The number of aromatic nitrogens is 1. The number of anilines is 1. The fourth-order valence-corrected chi connectivity index (χ4v) is 2.96. The van der Waals surface area contributed by atoms with Crippen molar-refractivity contribution in [3.05, 3.63) is 93.7 Å². The summed E-state index contributed by atoms with van der Waals surface area (Å²) in [6.45, 7) is 0.794. The van der Waals surface area contributed by atoms with Crippen LogP contribution in [0.5, 0.6) is 0 Å². The number of carbonyl (C=O) groups is 1. The number of pyridine rings is 1. The first-order valence-corrected chi connectivity index (χ1v) is 9.16. The topological polar surface area (TPSA) is 33.2 Å². The maximum absolute atomic E-state index is 13.5. The molecule has 0 fully saturated rings. The van der Waals surface area contributed by atoms with Crippen molar-refractivity contribution in [2.45, 2.75) is 19.4 Å². The van der Waals surface area contributed by atoms with Crippen LogP contribution >= 0.6 is 23.2 Å². The van der Waals surface area contributed by atoms with E-state index >= 15 is 0 Å². The molecule has 0 saturated heterocycles. The molecule has 0 unspecified atom stereocenters. The number of hydrogen-bond acceptors (Lipinski definition) is 2. The predicted octanol–water partition coefficient (Wildman–Crippen LogP) is 6.35. The number of amides is 1. The van der Waals surface area contributed by atoms with Gasteiger partial charge in [-0.05, 0) is 42.5 Å². The van der Waals surface area contributed by atoms with Gasteiger partial charge in [0.05, 0.1) is 17.3 Å². The van der Waals surface area contributed by atoms with Crippen molar-refractivity contribution < 1.29 is 13.6 Å². The second-order valence-corrected chi connectivity index (χ2v) is 7.12. The van der Waals surface area contributed by atoms with Gasteiger partial charge >= 0.3 is 0 Å². The lowest BCUT2D eigenvalue weighted by Crippen LogP contribution is -2.31. The molecule has 28 heavy (non-hydrogen) atoms. The van der Waals surface area contributed by atoms with Crippen LogP contribution < -0.4 is 4.90 Å². The van der Waals surface area contributed by atoms with E-state index in [0.29, 0.717) is 22.0 Å². The molecule has 3 aromatic rings. The van der Waals surface area contributed by atoms with Crippen molar-refractivity contribution in [3.8, 4) is 0 Å². The summed E-state index contributed by atoms with van der Waals surface area (Å²) in [6, 6.07) is 16.6. The minimum Gasteiger partial charge on any atom is -0.302 e. The molecule has 0 N–H and O–H groups in total. The molecule has 0 aliphatic carbocycles. The first kappa shape index (κ1) is 20.2. The van der Waals surface area contributed by atoms with Crippen LogP contribution in [0.1, 0.15) is 28.5 Å². The Bertz CT molecular complexity index is 974. The van der Waals surface area contributed by atoms with Crippen LogP contribution in [0.15, 0.2) is 66.9 Å². The molecule has 1 amide bonds. The summed E-state index contributed by atoms with van der Waals surface area (Å²) >= 11 is 12.1. The van der Waals surface area contributed by atoms with E-state index in [1.165, 1.54) is 11.0 Å². The van der Waals surface area contributed by atoms with Crippen LogP contribution in [0.2, 0.25) is 10.0 Å². The van der Waals surface area contributed by atoms with Gasteiger partial charge in [-0.25, -0.2) is 8.78 Å². The highest BCUT2D eigenvalue weighted by Gasteiger charge is 2.26. The minimum absolute atomic E-state index is 0.0176. The van der Waals surface area contributed by atoms with Crippen LogP contribution in [0.25, 0.3) is 0 Å². The Labute approximate surface area is 171 Å². The van der Waals surface area contributed by atoms with Gasteiger partial charge in [-0.15, -0.1) is 0 Å². The number of alkyl halides is 2. The van der Waals surface area contributed by atoms with Gasteiger partial charge in [-0.3, -0.25) is 9.78 Å². The second kappa shape index (κ2) is 8.25. The maximum Gasteiger partial charge on any atom is 0.272 e. The zero-order valence-corrected chi connectivity index (χ0v) is 16.4. The number of halogens is 4. The van der Waals surface area contributed by atoms with Crippen molar-refractivity contribution in [3.63, 3.8) is 0 Å². The quantitative estimate of drug-likeness (QED) is 0.481. The van der Waals surface area contributed by atoms with Gasteiger partial charge in [0.1, 0.15) is 0 Å². The van der Waals surface area contributed by atoms with Crippen LogP contribution in [0.4, 0.5) is 14.5 Å². The molecule has 7 heteroatoms. The Hall–Kier alpha value is -2.50. The van der Waals surface area contributed by atoms with E-state index in [4.69, 9.17) is 23.2 Å². The zero-order chi connectivity index (χ0) is 20.3. The van der Waals surface area contributed by atoms with Crippen molar-refractivity contribution >= 4 is 34.8 Å². The number of carbonyl (C=O) groups excluding carboxylic acids is 1. The number of benzene rings is 2. The summed E-state index contributed by atoms with van der Waals surface area (Å²) in [5, 5.41) is 0.598. The normalized spacial score (nSPS) is 11.3. The number of rotatable bonds is 5. The minimum atomic E-state index is -3.05. The van der Waals surface area contributed by atoms with Gasteiger partial charge in [0.25, 0.3) is 11.8 Å². The van der Waals surface area contributed by atoms with E-state index in [1.54, 1.807) is 48.5 Å². The summed E-state index contributed by atoms with van der Waals surface area (Å²) < 4.78 is 27.0. The molecule has 3 rings (SSSR count). The monoisotopic (exact) mass is 420 g/mol. The lowest BCUT2D eigenvalue weighted by atomic mass is 10.1. The molecule has 1 aromatic heterocycles. The maximum atomic E-state index is 13.5. The lowest BCUT2D eigenvalue weighted by molar-refractivity contribution is 0.0171. The molecular weight excluding hydrogens is 405 g/mol. The number of nitrogens with zero attached hydrogens (tertiary/aromatic N) is 2. The van der Waals surface area contributed by atoms with Crippen LogP contribution in [-0.2, 0) is 12.5 Å². The smallest absolute Gasteiger partial charge is 0.272 e. The molecule has 3 nitrogen and oxygen atoms in total. The summed E-state index contributed by atoms with van der Waals surface area (Å²) in [4.78, 5) is 18.6. The summed E-state index contributed by atoms with van der Waals surface area (Å²) in [7, 11) is 0.